The van der Waals surface area contributed by atoms with Crippen molar-refractivity contribution in [1.82, 2.24) is 19.8 Å². The highest BCUT2D eigenvalue weighted by atomic mass is 16.2. The van der Waals surface area contributed by atoms with E-state index in [9.17, 15) is 9.59 Å². The number of likely N-dealkylation sites (tertiary alicyclic amines) is 1. The van der Waals surface area contributed by atoms with Crippen LogP contribution >= 0.6 is 0 Å². The van der Waals surface area contributed by atoms with Crippen LogP contribution in [0.2, 0.25) is 0 Å². The fraction of sp³-hybridized carbons (Fsp3) is 0.542. The fourth-order valence-corrected chi connectivity index (χ4v) is 4.65. The second kappa shape index (κ2) is 10.1. The molecule has 1 aliphatic heterocycles. The van der Waals surface area contributed by atoms with Crippen molar-refractivity contribution in [3.63, 3.8) is 0 Å². The summed E-state index contributed by atoms with van der Waals surface area (Å²) in [6, 6.07) is 8.35. The zero-order valence-electron chi connectivity index (χ0n) is 18.3. The number of hydrogen-bond donors (Lipinski definition) is 2. The zero-order valence-corrected chi connectivity index (χ0v) is 18.3. The Morgan fingerprint density at radius 2 is 1.87 bits per heavy atom. The van der Waals surface area contributed by atoms with Gasteiger partial charge in [0.2, 0.25) is 5.91 Å². The van der Waals surface area contributed by atoms with E-state index >= 15 is 0 Å². The van der Waals surface area contributed by atoms with Gasteiger partial charge in [0, 0.05) is 37.4 Å². The van der Waals surface area contributed by atoms with Gasteiger partial charge >= 0.3 is 0 Å². The van der Waals surface area contributed by atoms with Gasteiger partial charge < -0.3 is 15.2 Å². The van der Waals surface area contributed by atoms with E-state index in [2.05, 4.69) is 26.6 Å². The summed E-state index contributed by atoms with van der Waals surface area (Å²) in [7, 11) is 1.84. The Morgan fingerprint density at radius 3 is 2.58 bits per heavy atom. The van der Waals surface area contributed by atoms with E-state index in [1.807, 2.05) is 25.2 Å². The lowest BCUT2D eigenvalue weighted by atomic mass is 9.92. The van der Waals surface area contributed by atoms with Gasteiger partial charge in [0.15, 0.2) is 0 Å². The summed E-state index contributed by atoms with van der Waals surface area (Å²) >= 11 is 0. The second-order valence-corrected chi connectivity index (χ2v) is 8.97. The lowest BCUT2D eigenvalue weighted by molar-refractivity contribution is -0.127. The van der Waals surface area contributed by atoms with Gasteiger partial charge in [0.25, 0.3) is 5.91 Å². The highest BCUT2D eigenvalue weighted by molar-refractivity contribution is 6.02. The summed E-state index contributed by atoms with van der Waals surface area (Å²) in [5.74, 6) is 0.190. The average Bonchev–Trinajstić information content (AvgIpc) is 3.22. The molecule has 7 nitrogen and oxygen atoms in total. The molecule has 2 N–H and O–H groups in total. The maximum absolute atomic E-state index is 12.6. The number of aryl methyl sites for hydroxylation is 1. The second-order valence-electron chi connectivity index (χ2n) is 8.97. The number of anilines is 1. The van der Waals surface area contributed by atoms with Crippen molar-refractivity contribution in [2.45, 2.75) is 57.5 Å². The third-order valence-electron chi connectivity index (χ3n) is 6.44. The Labute approximate surface area is 184 Å². The van der Waals surface area contributed by atoms with Gasteiger partial charge in [0.1, 0.15) is 5.69 Å². The van der Waals surface area contributed by atoms with Gasteiger partial charge in [-0.05, 0) is 56.5 Å². The fourth-order valence-electron chi connectivity index (χ4n) is 4.65. The van der Waals surface area contributed by atoms with Crippen LogP contribution in [0.15, 0.2) is 36.8 Å². The van der Waals surface area contributed by atoms with Crippen LogP contribution in [0.4, 0.5) is 5.69 Å². The number of rotatable bonds is 6. The van der Waals surface area contributed by atoms with Gasteiger partial charge in [-0.25, -0.2) is 4.98 Å². The van der Waals surface area contributed by atoms with E-state index in [0.717, 1.165) is 56.6 Å². The molecule has 2 heterocycles. The number of nitrogens with zero attached hydrogens (tertiary/aromatic N) is 3. The lowest BCUT2D eigenvalue weighted by Crippen LogP contribution is -2.44. The average molecular weight is 424 g/mol. The summed E-state index contributed by atoms with van der Waals surface area (Å²) in [6.07, 6.45) is 11.2. The number of carbonyl (C=O) groups is 2. The molecule has 166 valence electrons. The number of imidazole rings is 1. The van der Waals surface area contributed by atoms with Crippen molar-refractivity contribution in [3.8, 4) is 0 Å². The van der Waals surface area contributed by atoms with Crippen LogP contribution in [0.1, 0.15) is 61.0 Å². The molecule has 2 aromatic rings. The number of aromatic nitrogens is 2. The van der Waals surface area contributed by atoms with Crippen molar-refractivity contribution < 1.29 is 9.59 Å². The maximum atomic E-state index is 12.6. The summed E-state index contributed by atoms with van der Waals surface area (Å²) in [5, 5.41) is 6.21. The SMILES string of the molecule is Cn1cnc(C(=O)Nc2cccc(CN3CCC(C(=O)NC4CCCCC4)CC3)c2)c1. The molecule has 0 unspecified atom stereocenters. The molecule has 2 amide bonds. The van der Waals surface area contributed by atoms with E-state index in [1.165, 1.54) is 19.3 Å². The predicted molar refractivity (Wildman–Crippen MR) is 121 cm³/mol. The molecule has 0 bridgehead atoms. The third kappa shape index (κ3) is 5.94. The first-order valence-electron chi connectivity index (χ1n) is 11.5. The monoisotopic (exact) mass is 423 g/mol. The molecule has 2 aliphatic rings. The molecule has 1 aromatic heterocycles. The van der Waals surface area contributed by atoms with Crippen molar-refractivity contribution in [1.29, 1.82) is 0 Å². The van der Waals surface area contributed by atoms with Gasteiger partial charge in [-0.2, -0.15) is 0 Å². The standard InChI is InChI=1S/C24H33N5O2/c1-28-16-22(25-17-28)24(31)27-21-9-5-6-18(14-21)15-29-12-10-19(11-13-29)23(30)26-20-7-3-2-4-8-20/h5-6,9,14,16-17,19-20H,2-4,7-8,10-13,15H2,1H3,(H,26,30)(H,27,31). The summed E-state index contributed by atoms with van der Waals surface area (Å²) in [5.41, 5.74) is 2.33. The van der Waals surface area contributed by atoms with Gasteiger partial charge in [-0.1, -0.05) is 31.4 Å². The molecule has 1 aliphatic carbocycles. The first-order valence-corrected chi connectivity index (χ1v) is 11.5. The third-order valence-corrected chi connectivity index (χ3v) is 6.44. The van der Waals surface area contributed by atoms with Crippen LogP contribution in [0.25, 0.3) is 0 Å². The minimum atomic E-state index is -0.206. The van der Waals surface area contributed by atoms with Crippen LogP contribution < -0.4 is 10.6 Å². The minimum absolute atomic E-state index is 0.141. The molecule has 4 rings (SSSR count). The number of piperidine rings is 1. The van der Waals surface area contributed by atoms with Crippen molar-refractivity contribution in [3.05, 3.63) is 48.0 Å². The number of carbonyl (C=O) groups excluding carboxylic acids is 2. The zero-order chi connectivity index (χ0) is 21.6. The minimum Gasteiger partial charge on any atom is -0.353 e. The van der Waals surface area contributed by atoms with Crippen LogP contribution in [0, 0.1) is 5.92 Å². The number of hydrogen-bond acceptors (Lipinski definition) is 4. The van der Waals surface area contributed by atoms with E-state index in [1.54, 1.807) is 17.1 Å². The van der Waals surface area contributed by atoms with Crippen LogP contribution in [0.3, 0.4) is 0 Å². The Morgan fingerprint density at radius 1 is 1.10 bits per heavy atom. The van der Waals surface area contributed by atoms with Gasteiger partial charge in [0.05, 0.1) is 6.33 Å². The van der Waals surface area contributed by atoms with Gasteiger partial charge in [-0.15, -0.1) is 0 Å². The van der Waals surface area contributed by atoms with E-state index in [4.69, 9.17) is 0 Å². The summed E-state index contributed by atoms with van der Waals surface area (Å²) in [4.78, 5) is 31.4. The topological polar surface area (TPSA) is 79.3 Å². The molecular formula is C24H33N5O2. The van der Waals surface area contributed by atoms with Crippen molar-refractivity contribution in [2.75, 3.05) is 18.4 Å². The molecule has 0 atom stereocenters. The van der Waals surface area contributed by atoms with Crippen LogP contribution in [0.5, 0.6) is 0 Å². The quantitative estimate of drug-likeness (QED) is 0.747. The first-order chi connectivity index (χ1) is 15.1. The summed E-state index contributed by atoms with van der Waals surface area (Å²) in [6.45, 7) is 2.67. The Balaban J connectivity index is 1.25. The van der Waals surface area contributed by atoms with Crippen LogP contribution in [-0.2, 0) is 18.4 Å². The molecule has 1 saturated heterocycles. The molecule has 1 aromatic carbocycles. The van der Waals surface area contributed by atoms with Crippen LogP contribution in [-0.4, -0.2) is 45.4 Å². The summed E-state index contributed by atoms with van der Waals surface area (Å²) < 4.78 is 1.75. The molecule has 1 saturated carbocycles. The Kier molecular flexibility index (Phi) is 7.02. The molecular weight excluding hydrogens is 390 g/mol. The Bertz CT molecular complexity index is 895. The van der Waals surface area contributed by atoms with Gasteiger partial charge in [-0.3, -0.25) is 14.5 Å². The van der Waals surface area contributed by atoms with E-state index in [0.29, 0.717) is 11.7 Å². The predicted octanol–water partition coefficient (Wildman–Crippen LogP) is 3.33. The smallest absolute Gasteiger partial charge is 0.275 e. The molecule has 31 heavy (non-hydrogen) atoms. The molecule has 0 spiro atoms. The normalized spacial score (nSPS) is 18.6. The van der Waals surface area contributed by atoms with Crippen molar-refractivity contribution in [2.24, 2.45) is 13.0 Å². The molecule has 0 radical (unpaired) electrons. The van der Waals surface area contributed by atoms with E-state index < -0.39 is 0 Å². The van der Waals surface area contributed by atoms with E-state index in [-0.39, 0.29) is 17.7 Å². The maximum Gasteiger partial charge on any atom is 0.275 e. The number of nitrogens with one attached hydrogen (secondary N) is 2. The lowest BCUT2D eigenvalue weighted by Gasteiger charge is -2.32. The highest BCUT2D eigenvalue weighted by Gasteiger charge is 2.27. The highest BCUT2D eigenvalue weighted by Crippen LogP contribution is 2.23. The number of benzene rings is 1. The van der Waals surface area contributed by atoms with Crippen molar-refractivity contribution >= 4 is 17.5 Å². The molecule has 7 heteroatoms. The largest absolute Gasteiger partial charge is 0.353 e. The Hall–Kier alpha value is -2.67. The number of amides is 2. The first kappa shape index (κ1) is 21.6. The molecule has 2 fully saturated rings.